The molecule has 0 heterocycles. The van der Waals surface area contributed by atoms with Crippen LogP contribution in [-0.4, -0.2) is 7.05 Å². The van der Waals surface area contributed by atoms with Crippen LogP contribution in [-0.2, 0) is 0 Å². The molecule has 4 aromatic carbocycles. The van der Waals surface area contributed by atoms with Gasteiger partial charge in [0.2, 0.25) is 0 Å². The third-order valence-electron chi connectivity index (χ3n) is 4.55. The molecule has 0 spiro atoms. The molecule has 1 heteroatoms. The van der Waals surface area contributed by atoms with E-state index in [-0.39, 0.29) is 0 Å². The Morgan fingerprint density at radius 3 is 1.96 bits per heavy atom. The van der Waals surface area contributed by atoms with Crippen LogP contribution in [0.4, 0.5) is 11.4 Å². The average Bonchev–Trinajstić information content (AvgIpc) is 2.59. The molecule has 112 valence electrons. The second-order valence-corrected chi connectivity index (χ2v) is 6.08. The molecule has 1 nitrogen and oxygen atoms in total. The fraction of sp³-hybridized carbons (Fsp3) is 0.0909. The molecule has 0 aliphatic rings. The number of fused-ring (bicyclic) bond motifs is 2. The maximum absolute atomic E-state index is 2.28. The van der Waals surface area contributed by atoms with Crippen LogP contribution in [0.1, 0.15) is 5.56 Å². The second-order valence-electron chi connectivity index (χ2n) is 6.08. The monoisotopic (exact) mass is 297 g/mol. The molecule has 0 atom stereocenters. The highest BCUT2D eigenvalue weighted by molar-refractivity contribution is 5.99. The van der Waals surface area contributed by atoms with Crippen molar-refractivity contribution in [3.05, 3.63) is 84.4 Å². The summed E-state index contributed by atoms with van der Waals surface area (Å²) in [6, 6.07) is 28.2. The molecule has 4 rings (SSSR count). The summed E-state index contributed by atoms with van der Waals surface area (Å²) >= 11 is 0. The SMILES string of the molecule is Cc1ccccc1N(C)c1ccc2cc3ccccc3cc2c1. The molecule has 0 bridgehead atoms. The Balaban J connectivity index is 1.85. The molecule has 0 saturated carbocycles. The van der Waals surface area contributed by atoms with Gasteiger partial charge in [0.1, 0.15) is 0 Å². The quantitative estimate of drug-likeness (QED) is 0.406. The predicted molar refractivity (Wildman–Crippen MR) is 101 cm³/mol. The van der Waals surface area contributed by atoms with Crippen molar-refractivity contribution in [2.24, 2.45) is 0 Å². The van der Waals surface area contributed by atoms with Gasteiger partial charge in [0.05, 0.1) is 0 Å². The van der Waals surface area contributed by atoms with Crippen molar-refractivity contribution in [2.45, 2.75) is 6.92 Å². The van der Waals surface area contributed by atoms with Crippen LogP contribution in [0.25, 0.3) is 21.5 Å². The van der Waals surface area contributed by atoms with E-state index in [0.717, 1.165) is 0 Å². The van der Waals surface area contributed by atoms with E-state index in [2.05, 4.69) is 97.7 Å². The molecule has 0 N–H and O–H groups in total. The van der Waals surface area contributed by atoms with Crippen LogP contribution in [0.2, 0.25) is 0 Å². The number of para-hydroxylation sites is 1. The van der Waals surface area contributed by atoms with E-state index < -0.39 is 0 Å². The molecule has 0 fully saturated rings. The van der Waals surface area contributed by atoms with Crippen molar-refractivity contribution < 1.29 is 0 Å². The highest BCUT2D eigenvalue weighted by atomic mass is 15.1. The van der Waals surface area contributed by atoms with Gasteiger partial charge in [0.15, 0.2) is 0 Å². The van der Waals surface area contributed by atoms with E-state index in [9.17, 15) is 0 Å². The molecular weight excluding hydrogens is 278 g/mol. The van der Waals surface area contributed by atoms with Gasteiger partial charge in [-0.15, -0.1) is 0 Å². The number of benzene rings is 4. The van der Waals surface area contributed by atoms with Crippen molar-refractivity contribution in [2.75, 3.05) is 11.9 Å². The second kappa shape index (κ2) is 5.44. The van der Waals surface area contributed by atoms with Crippen LogP contribution in [0.5, 0.6) is 0 Å². The summed E-state index contributed by atoms with van der Waals surface area (Å²) in [6.07, 6.45) is 0. The Hall–Kier alpha value is -2.80. The van der Waals surface area contributed by atoms with Crippen LogP contribution >= 0.6 is 0 Å². The van der Waals surface area contributed by atoms with Gasteiger partial charge in [0, 0.05) is 18.4 Å². The van der Waals surface area contributed by atoms with Gasteiger partial charge in [-0.05, 0) is 64.4 Å². The van der Waals surface area contributed by atoms with Crippen molar-refractivity contribution in [1.29, 1.82) is 0 Å². The first-order chi connectivity index (χ1) is 11.2. The first-order valence-electron chi connectivity index (χ1n) is 7.94. The van der Waals surface area contributed by atoms with E-state index in [1.807, 2.05) is 0 Å². The fourth-order valence-corrected chi connectivity index (χ4v) is 3.21. The van der Waals surface area contributed by atoms with Gasteiger partial charge in [0.25, 0.3) is 0 Å². The lowest BCUT2D eigenvalue weighted by molar-refractivity contribution is 1.19. The third kappa shape index (κ3) is 2.44. The highest BCUT2D eigenvalue weighted by Gasteiger charge is 2.07. The minimum atomic E-state index is 1.21. The van der Waals surface area contributed by atoms with Crippen LogP contribution in [0.3, 0.4) is 0 Å². The predicted octanol–water partition coefficient (Wildman–Crippen LogP) is 6.07. The Labute approximate surface area is 136 Å². The Bertz CT molecular complexity index is 1000. The molecular formula is C22H19N. The molecule has 0 saturated heterocycles. The van der Waals surface area contributed by atoms with Crippen molar-refractivity contribution in [3.8, 4) is 0 Å². The standard InChI is InChI=1S/C22H19N/c1-16-7-3-6-10-22(16)23(2)21-12-11-19-13-17-8-4-5-9-18(17)14-20(19)15-21/h3-15H,1-2H3. The van der Waals surface area contributed by atoms with Gasteiger partial charge >= 0.3 is 0 Å². The van der Waals surface area contributed by atoms with Crippen molar-refractivity contribution in [1.82, 2.24) is 0 Å². The van der Waals surface area contributed by atoms with Gasteiger partial charge in [-0.3, -0.25) is 0 Å². The smallest absolute Gasteiger partial charge is 0.0437 e. The molecule has 0 unspecified atom stereocenters. The van der Waals surface area contributed by atoms with Gasteiger partial charge in [-0.1, -0.05) is 48.5 Å². The number of aryl methyl sites for hydroxylation is 1. The molecule has 0 aromatic heterocycles. The van der Waals surface area contributed by atoms with E-state index >= 15 is 0 Å². The van der Waals surface area contributed by atoms with Crippen molar-refractivity contribution in [3.63, 3.8) is 0 Å². The maximum Gasteiger partial charge on any atom is 0.0437 e. The lowest BCUT2D eigenvalue weighted by atomic mass is 10.0. The minimum Gasteiger partial charge on any atom is -0.344 e. The molecule has 0 aliphatic carbocycles. The first-order valence-corrected chi connectivity index (χ1v) is 7.94. The zero-order chi connectivity index (χ0) is 15.8. The summed E-state index contributed by atoms with van der Waals surface area (Å²) in [5.41, 5.74) is 3.74. The Morgan fingerprint density at radius 1 is 0.609 bits per heavy atom. The summed E-state index contributed by atoms with van der Waals surface area (Å²) < 4.78 is 0. The van der Waals surface area contributed by atoms with Crippen LogP contribution in [0, 0.1) is 6.92 Å². The number of hydrogen-bond donors (Lipinski definition) is 0. The zero-order valence-corrected chi connectivity index (χ0v) is 13.5. The van der Waals surface area contributed by atoms with Gasteiger partial charge in [-0.25, -0.2) is 0 Å². The molecule has 0 aliphatic heterocycles. The molecule has 4 aromatic rings. The lowest BCUT2D eigenvalue weighted by Crippen LogP contribution is -2.10. The fourth-order valence-electron chi connectivity index (χ4n) is 3.21. The summed E-state index contributed by atoms with van der Waals surface area (Å²) in [4.78, 5) is 2.25. The van der Waals surface area contributed by atoms with Gasteiger partial charge in [-0.2, -0.15) is 0 Å². The molecule has 23 heavy (non-hydrogen) atoms. The highest BCUT2D eigenvalue weighted by Crippen LogP contribution is 2.30. The normalized spacial score (nSPS) is 11.0. The Morgan fingerprint density at radius 2 is 1.22 bits per heavy atom. The average molecular weight is 297 g/mol. The summed E-state index contributed by atoms with van der Waals surface area (Å²) in [6.45, 7) is 2.15. The Kier molecular flexibility index (Phi) is 3.27. The molecule has 0 radical (unpaired) electrons. The summed E-state index contributed by atoms with van der Waals surface area (Å²) in [5, 5.41) is 5.14. The lowest BCUT2D eigenvalue weighted by Gasteiger charge is -2.22. The number of hydrogen-bond acceptors (Lipinski definition) is 1. The van der Waals surface area contributed by atoms with E-state index in [0.29, 0.717) is 0 Å². The summed E-state index contributed by atoms with van der Waals surface area (Å²) in [7, 11) is 2.13. The topological polar surface area (TPSA) is 3.24 Å². The number of anilines is 2. The van der Waals surface area contributed by atoms with Crippen LogP contribution < -0.4 is 4.90 Å². The largest absolute Gasteiger partial charge is 0.344 e. The molecule has 0 amide bonds. The number of nitrogens with zero attached hydrogens (tertiary/aromatic N) is 1. The van der Waals surface area contributed by atoms with Crippen LogP contribution in [0.15, 0.2) is 78.9 Å². The summed E-state index contributed by atoms with van der Waals surface area (Å²) in [5.74, 6) is 0. The van der Waals surface area contributed by atoms with E-state index in [4.69, 9.17) is 0 Å². The first kappa shape index (κ1) is 13.8. The van der Waals surface area contributed by atoms with E-state index in [1.165, 1.54) is 38.5 Å². The van der Waals surface area contributed by atoms with E-state index in [1.54, 1.807) is 0 Å². The van der Waals surface area contributed by atoms with Gasteiger partial charge < -0.3 is 4.90 Å². The third-order valence-corrected chi connectivity index (χ3v) is 4.55. The number of rotatable bonds is 2. The van der Waals surface area contributed by atoms with Crippen molar-refractivity contribution >= 4 is 32.9 Å². The maximum atomic E-state index is 2.28. The minimum absolute atomic E-state index is 1.21. The zero-order valence-electron chi connectivity index (χ0n) is 13.5.